The number of carbonyl (C=O) groups is 2. The normalized spacial score (nSPS) is 23.2. The Morgan fingerprint density at radius 2 is 2.22 bits per heavy atom. The first-order valence-corrected chi connectivity index (χ1v) is 8.05. The fraction of sp³-hybridized carbons (Fsp3) is 0.545. The van der Waals surface area contributed by atoms with Gasteiger partial charge in [-0.2, -0.15) is 18.6 Å². The zero-order valence-corrected chi connectivity index (χ0v) is 13.1. The number of fused-ring (bicyclic) bond motifs is 4. The van der Waals surface area contributed by atoms with E-state index in [2.05, 4.69) is 9.38 Å². The average Bonchev–Trinajstić information content (AvgIpc) is 3.02. The van der Waals surface area contributed by atoms with Crippen LogP contribution in [-0.4, -0.2) is 58.4 Å². The topological polar surface area (TPSA) is 131 Å². The van der Waals surface area contributed by atoms with Gasteiger partial charge in [0.2, 0.25) is 0 Å². The molecule has 0 aliphatic carbocycles. The maximum atomic E-state index is 12.3. The van der Waals surface area contributed by atoms with E-state index in [0.717, 1.165) is 4.90 Å². The smallest absolute Gasteiger partial charge is 0.418 e. The summed E-state index contributed by atoms with van der Waals surface area (Å²) in [7, 11) is -3.71. The number of carbonyl (C=O) groups excluding carboxylic acids is 2. The zero-order chi connectivity index (χ0) is 16.9. The molecule has 0 radical (unpaired) electrons. The number of methoxy groups -OCH3 is 1. The van der Waals surface area contributed by atoms with Gasteiger partial charge in [-0.25, -0.2) is 9.59 Å². The first-order valence-electron chi connectivity index (χ1n) is 6.68. The Bertz CT molecular complexity index is 773. The lowest BCUT2D eigenvalue weighted by molar-refractivity contribution is -0.146. The first kappa shape index (κ1) is 15.7. The Hall–Kier alpha value is -2.18. The fourth-order valence-electron chi connectivity index (χ4n) is 2.81. The summed E-state index contributed by atoms with van der Waals surface area (Å²) in [6.45, 7) is 2.36. The molecule has 1 aromatic rings. The molecule has 1 saturated heterocycles. The third-order valence-electron chi connectivity index (χ3n) is 3.76. The quantitative estimate of drug-likeness (QED) is 0.578. The van der Waals surface area contributed by atoms with Crippen LogP contribution in [-0.2, 0) is 30.8 Å². The van der Waals surface area contributed by atoms with Gasteiger partial charge in [-0.3, -0.25) is 9.23 Å². The predicted octanol–water partition coefficient (Wildman–Crippen LogP) is -0.356. The number of aromatic nitrogens is 2. The third kappa shape index (κ3) is 2.44. The Balaban J connectivity index is 2.10. The van der Waals surface area contributed by atoms with Crippen molar-refractivity contribution in [2.75, 3.05) is 13.7 Å². The van der Waals surface area contributed by atoms with E-state index in [-0.39, 0.29) is 6.54 Å². The van der Waals surface area contributed by atoms with Crippen molar-refractivity contribution in [3.05, 3.63) is 17.5 Å². The second-order valence-electron chi connectivity index (χ2n) is 5.03. The van der Waals surface area contributed by atoms with Crippen molar-refractivity contribution in [2.45, 2.75) is 25.6 Å². The van der Waals surface area contributed by atoms with Crippen LogP contribution < -0.4 is 0 Å². The summed E-state index contributed by atoms with van der Waals surface area (Å²) in [5.41, 5.74) is 0.762. The Morgan fingerprint density at radius 3 is 2.78 bits per heavy atom. The van der Waals surface area contributed by atoms with Crippen molar-refractivity contribution in [1.29, 1.82) is 0 Å². The van der Waals surface area contributed by atoms with Crippen molar-refractivity contribution in [3.63, 3.8) is 0 Å². The molecular weight excluding hydrogens is 332 g/mol. The number of hydrogen-bond donors (Lipinski definition) is 1. The highest BCUT2D eigenvalue weighted by Crippen LogP contribution is 2.43. The highest BCUT2D eigenvalue weighted by atomic mass is 32.3. The molecule has 3 rings (SSSR count). The summed E-state index contributed by atoms with van der Waals surface area (Å²) >= 11 is 0. The van der Waals surface area contributed by atoms with Gasteiger partial charge in [-0.15, -0.1) is 4.28 Å². The molecule has 1 fully saturated rings. The van der Waals surface area contributed by atoms with Crippen LogP contribution in [0.2, 0.25) is 0 Å². The van der Waals surface area contributed by atoms with Crippen LogP contribution in [0.3, 0.4) is 0 Å². The summed E-state index contributed by atoms with van der Waals surface area (Å²) in [6, 6.07) is -2.77. The Kier molecular flexibility index (Phi) is 3.54. The second-order valence-corrected chi connectivity index (χ2v) is 6.03. The van der Waals surface area contributed by atoms with Crippen molar-refractivity contribution in [3.8, 4) is 0 Å². The minimum Gasteiger partial charge on any atom is -0.467 e. The third-order valence-corrected chi connectivity index (χ3v) is 4.11. The molecule has 0 spiro atoms. The standard InChI is InChI=1S/C11H14N4O7S/c1-3-13-4-6-7-5-14(9(8(6)12-13)10(16)21-2)11(17)15(7)22-23(18,19)20/h4,7,9H,3,5H2,1-2H3,(H,18,19,20)/t7-,9?/m1/s1. The monoisotopic (exact) mass is 346 g/mol. The van der Waals surface area contributed by atoms with Crippen molar-refractivity contribution in [2.24, 2.45) is 0 Å². The molecule has 2 atom stereocenters. The molecule has 2 aliphatic rings. The van der Waals surface area contributed by atoms with Crippen LogP contribution >= 0.6 is 0 Å². The first-order chi connectivity index (χ1) is 10.8. The summed E-state index contributed by atoms with van der Waals surface area (Å²) in [5.74, 6) is -0.701. The SMILES string of the molecule is CCn1cc2c(n1)C(C(=O)OC)N1C[C@H]2N(OS(=O)(=O)O)C1=O. The van der Waals surface area contributed by atoms with Crippen LogP contribution in [0.1, 0.15) is 30.3 Å². The highest BCUT2D eigenvalue weighted by Gasteiger charge is 2.54. The van der Waals surface area contributed by atoms with Crippen LogP contribution in [0.5, 0.6) is 0 Å². The molecule has 2 amide bonds. The van der Waals surface area contributed by atoms with E-state index in [0.29, 0.717) is 22.9 Å². The van der Waals surface area contributed by atoms with Gasteiger partial charge in [0, 0.05) is 18.3 Å². The molecule has 2 aliphatic heterocycles. The number of hydroxylamine groups is 2. The molecule has 12 heteroatoms. The molecular formula is C11H14N4O7S. The fourth-order valence-corrected chi connectivity index (χ4v) is 3.18. The van der Waals surface area contributed by atoms with Gasteiger partial charge >= 0.3 is 22.4 Å². The number of ether oxygens (including phenoxy) is 1. The molecule has 0 aromatic carbocycles. The lowest BCUT2D eigenvalue weighted by Gasteiger charge is -2.27. The zero-order valence-electron chi connectivity index (χ0n) is 12.2. The summed E-state index contributed by atoms with van der Waals surface area (Å²) < 4.78 is 41.4. The number of hydrogen-bond acceptors (Lipinski definition) is 7. The maximum Gasteiger partial charge on any atom is 0.418 e. The van der Waals surface area contributed by atoms with Gasteiger partial charge in [0.15, 0.2) is 6.04 Å². The lowest BCUT2D eigenvalue weighted by Crippen LogP contribution is -2.39. The van der Waals surface area contributed by atoms with Gasteiger partial charge in [0.1, 0.15) is 11.7 Å². The number of aryl methyl sites for hydroxylation is 1. The van der Waals surface area contributed by atoms with E-state index >= 15 is 0 Å². The van der Waals surface area contributed by atoms with E-state index in [4.69, 9.17) is 9.29 Å². The highest BCUT2D eigenvalue weighted by molar-refractivity contribution is 7.80. The van der Waals surface area contributed by atoms with E-state index < -0.39 is 34.5 Å². The van der Waals surface area contributed by atoms with Crippen molar-refractivity contribution >= 4 is 22.4 Å². The molecule has 1 unspecified atom stereocenters. The largest absolute Gasteiger partial charge is 0.467 e. The van der Waals surface area contributed by atoms with Crippen LogP contribution in [0.4, 0.5) is 4.79 Å². The van der Waals surface area contributed by atoms with Crippen LogP contribution in [0.15, 0.2) is 6.20 Å². The number of amides is 2. The molecule has 11 nitrogen and oxygen atoms in total. The van der Waals surface area contributed by atoms with E-state index in [1.807, 2.05) is 6.92 Å². The number of urea groups is 1. The molecule has 126 valence electrons. The van der Waals surface area contributed by atoms with E-state index in [1.165, 1.54) is 7.11 Å². The predicted molar refractivity (Wildman–Crippen MR) is 72.0 cm³/mol. The number of esters is 1. The number of rotatable bonds is 4. The van der Waals surface area contributed by atoms with Gasteiger partial charge in [-0.05, 0) is 6.92 Å². The molecule has 1 N–H and O–H groups in total. The minimum atomic E-state index is -4.89. The van der Waals surface area contributed by atoms with Gasteiger partial charge in [0.05, 0.1) is 13.7 Å². The Labute approximate surface area is 131 Å². The molecule has 3 heterocycles. The van der Waals surface area contributed by atoms with Gasteiger partial charge < -0.3 is 9.64 Å². The van der Waals surface area contributed by atoms with Crippen molar-refractivity contribution < 1.29 is 31.6 Å². The molecule has 1 aromatic heterocycles. The van der Waals surface area contributed by atoms with Gasteiger partial charge in [-0.1, -0.05) is 0 Å². The van der Waals surface area contributed by atoms with Gasteiger partial charge in [0.25, 0.3) is 0 Å². The summed E-state index contributed by atoms with van der Waals surface area (Å²) in [4.78, 5) is 25.5. The summed E-state index contributed by atoms with van der Waals surface area (Å²) in [5, 5.41) is 4.78. The summed E-state index contributed by atoms with van der Waals surface area (Å²) in [6.07, 6.45) is 1.60. The number of nitrogens with zero attached hydrogens (tertiary/aromatic N) is 4. The van der Waals surface area contributed by atoms with Crippen molar-refractivity contribution in [1.82, 2.24) is 19.7 Å². The molecule has 2 bridgehead atoms. The Morgan fingerprint density at radius 1 is 1.52 bits per heavy atom. The minimum absolute atomic E-state index is 0.0104. The van der Waals surface area contributed by atoms with E-state index in [1.54, 1.807) is 10.9 Å². The van der Waals surface area contributed by atoms with Crippen LogP contribution in [0, 0.1) is 0 Å². The molecule has 0 saturated carbocycles. The maximum absolute atomic E-state index is 12.3. The van der Waals surface area contributed by atoms with Crippen LogP contribution in [0.25, 0.3) is 0 Å². The molecule has 23 heavy (non-hydrogen) atoms. The second kappa shape index (κ2) is 5.18. The lowest BCUT2D eigenvalue weighted by atomic mass is 9.98. The van der Waals surface area contributed by atoms with E-state index in [9.17, 15) is 18.0 Å². The average molecular weight is 346 g/mol.